The number of carbonyl (C=O) groups is 1. The smallest absolute Gasteiger partial charge is 0.314 e. The van der Waals surface area contributed by atoms with Crippen molar-refractivity contribution in [2.24, 2.45) is 11.7 Å². The van der Waals surface area contributed by atoms with Gasteiger partial charge in [0.05, 0.1) is 0 Å². The zero-order valence-corrected chi connectivity index (χ0v) is 7.71. The number of hydrogen-bond donors (Lipinski definition) is 2. The van der Waals surface area contributed by atoms with E-state index in [-0.39, 0.29) is 6.03 Å². The number of nitrogens with one attached hydrogen (secondary N) is 1. The van der Waals surface area contributed by atoms with Crippen molar-refractivity contribution in [2.45, 2.75) is 19.4 Å². The molecular weight excluding hydrogens is 154 g/mol. The molecular formula is C8H17N3O. The van der Waals surface area contributed by atoms with Crippen LogP contribution in [0.15, 0.2) is 0 Å². The minimum atomic E-state index is -0.295. The Labute approximate surface area is 73.1 Å². The van der Waals surface area contributed by atoms with Gasteiger partial charge in [0.25, 0.3) is 0 Å². The zero-order valence-electron chi connectivity index (χ0n) is 7.71. The molecule has 0 aliphatic carbocycles. The number of piperidine rings is 1. The molecule has 2 atom stereocenters. The van der Waals surface area contributed by atoms with E-state index < -0.39 is 0 Å². The number of likely N-dealkylation sites (tertiary alicyclic amines) is 1. The van der Waals surface area contributed by atoms with Crippen LogP contribution < -0.4 is 11.1 Å². The lowest BCUT2D eigenvalue weighted by Crippen LogP contribution is -2.50. The van der Waals surface area contributed by atoms with Crippen molar-refractivity contribution in [1.82, 2.24) is 10.2 Å². The van der Waals surface area contributed by atoms with Crippen LogP contribution in [-0.4, -0.2) is 37.1 Å². The maximum Gasteiger partial charge on any atom is 0.314 e. The summed E-state index contributed by atoms with van der Waals surface area (Å²) in [6.07, 6.45) is 1.00. The predicted molar refractivity (Wildman–Crippen MR) is 47.8 cm³/mol. The van der Waals surface area contributed by atoms with E-state index in [2.05, 4.69) is 12.2 Å². The van der Waals surface area contributed by atoms with Crippen LogP contribution in [0.4, 0.5) is 4.79 Å². The highest BCUT2D eigenvalue weighted by atomic mass is 16.2. The van der Waals surface area contributed by atoms with Crippen LogP contribution in [0.1, 0.15) is 13.3 Å². The van der Waals surface area contributed by atoms with Crippen LogP contribution in [0.3, 0.4) is 0 Å². The second-order valence-corrected chi connectivity index (χ2v) is 3.45. The molecule has 0 spiro atoms. The van der Waals surface area contributed by atoms with E-state index in [1.165, 1.54) is 0 Å². The number of nitrogens with zero attached hydrogens (tertiary/aromatic N) is 1. The van der Waals surface area contributed by atoms with Crippen LogP contribution in [0.25, 0.3) is 0 Å². The van der Waals surface area contributed by atoms with Crippen molar-refractivity contribution >= 4 is 6.03 Å². The van der Waals surface area contributed by atoms with Crippen molar-refractivity contribution in [2.75, 3.05) is 20.1 Å². The van der Waals surface area contributed by atoms with Crippen molar-refractivity contribution in [3.63, 3.8) is 0 Å². The van der Waals surface area contributed by atoms with E-state index in [1.54, 1.807) is 4.90 Å². The Hall–Kier alpha value is -0.770. The van der Waals surface area contributed by atoms with Crippen LogP contribution in [0.5, 0.6) is 0 Å². The van der Waals surface area contributed by atoms with E-state index in [0.29, 0.717) is 12.0 Å². The summed E-state index contributed by atoms with van der Waals surface area (Å²) in [6.45, 7) is 3.70. The van der Waals surface area contributed by atoms with Gasteiger partial charge in [-0.05, 0) is 19.4 Å². The number of rotatable bonds is 1. The number of amides is 2. The normalized spacial score (nSPS) is 30.3. The minimum Gasteiger partial charge on any atom is -0.351 e. The Morgan fingerprint density at radius 2 is 2.33 bits per heavy atom. The highest BCUT2D eigenvalue weighted by Crippen LogP contribution is 2.15. The lowest BCUT2D eigenvalue weighted by atomic mass is 9.94. The highest BCUT2D eigenvalue weighted by molar-refractivity contribution is 5.72. The average Bonchev–Trinajstić information content (AvgIpc) is 2.04. The molecule has 12 heavy (non-hydrogen) atoms. The molecule has 2 amide bonds. The van der Waals surface area contributed by atoms with Gasteiger partial charge in [0.2, 0.25) is 0 Å². The van der Waals surface area contributed by atoms with E-state index in [4.69, 9.17) is 5.73 Å². The van der Waals surface area contributed by atoms with Crippen molar-refractivity contribution < 1.29 is 4.79 Å². The second-order valence-electron chi connectivity index (χ2n) is 3.45. The fourth-order valence-corrected chi connectivity index (χ4v) is 1.77. The lowest BCUT2D eigenvalue weighted by Gasteiger charge is -2.35. The van der Waals surface area contributed by atoms with Crippen molar-refractivity contribution in [3.8, 4) is 0 Å². The van der Waals surface area contributed by atoms with Crippen molar-refractivity contribution in [3.05, 3.63) is 0 Å². The van der Waals surface area contributed by atoms with Gasteiger partial charge < -0.3 is 16.0 Å². The van der Waals surface area contributed by atoms with E-state index in [9.17, 15) is 4.79 Å². The summed E-state index contributed by atoms with van der Waals surface area (Å²) in [5, 5.41) is 3.23. The largest absolute Gasteiger partial charge is 0.351 e. The van der Waals surface area contributed by atoms with Gasteiger partial charge in [0, 0.05) is 19.1 Å². The fourth-order valence-electron chi connectivity index (χ4n) is 1.77. The fraction of sp³-hybridized carbons (Fsp3) is 0.875. The first kappa shape index (κ1) is 9.32. The third kappa shape index (κ3) is 1.88. The average molecular weight is 171 g/mol. The van der Waals surface area contributed by atoms with Gasteiger partial charge in [0.15, 0.2) is 0 Å². The van der Waals surface area contributed by atoms with Crippen LogP contribution in [-0.2, 0) is 0 Å². The first-order valence-electron chi connectivity index (χ1n) is 4.36. The number of hydrogen-bond acceptors (Lipinski definition) is 2. The standard InChI is InChI=1S/C8H17N3O/c1-6-5-11(8(9)12)4-3-7(6)10-2/h6-7,10H,3-5H2,1-2H3,(H2,9,12). The topological polar surface area (TPSA) is 58.4 Å². The van der Waals surface area contributed by atoms with Gasteiger partial charge >= 0.3 is 6.03 Å². The number of primary amides is 1. The summed E-state index contributed by atoms with van der Waals surface area (Å²) in [5.74, 6) is 0.497. The predicted octanol–water partition coefficient (Wildman–Crippen LogP) is -0.00510. The maximum atomic E-state index is 10.8. The van der Waals surface area contributed by atoms with Gasteiger partial charge in [-0.25, -0.2) is 4.79 Å². The van der Waals surface area contributed by atoms with Gasteiger partial charge in [0.1, 0.15) is 0 Å². The van der Waals surface area contributed by atoms with Gasteiger partial charge in [-0.3, -0.25) is 0 Å². The summed E-state index contributed by atoms with van der Waals surface area (Å²) in [6, 6.07) is 0.233. The molecule has 0 radical (unpaired) electrons. The first-order valence-corrected chi connectivity index (χ1v) is 4.36. The number of nitrogens with two attached hydrogens (primary N) is 1. The van der Waals surface area contributed by atoms with Crippen molar-refractivity contribution in [1.29, 1.82) is 0 Å². The molecule has 4 nitrogen and oxygen atoms in total. The Morgan fingerprint density at radius 3 is 2.75 bits per heavy atom. The van der Waals surface area contributed by atoms with Gasteiger partial charge in [-0.15, -0.1) is 0 Å². The Balaban J connectivity index is 2.46. The number of urea groups is 1. The minimum absolute atomic E-state index is 0.295. The summed E-state index contributed by atoms with van der Waals surface area (Å²) in [5.41, 5.74) is 5.18. The number of carbonyl (C=O) groups excluding carboxylic acids is 1. The van der Waals surface area contributed by atoms with E-state index >= 15 is 0 Å². The second kappa shape index (κ2) is 3.76. The molecule has 1 aliphatic rings. The third-order valence-electron chi connectivity index (χ3n) is 2.59. The monoisotopic (exact) mass is 171 g/mol. The van der Waals surface area contributed by atoms with Crippen LogP contribution in [0, 0.1) is 5.92 Å². The molecule has 0 bridgehead atoms. The van der Waals surface area contributed by atoms with Gasteiger partial charge in [-0.1, -0.05) is 6.92 Å². The molecule has 0 aromatic rings. The molecule has 1 aliphatic heterocycles. The molecule has 1 rings (SSSR count). The molecule has 4 heteroatoms. The first-order chi connectivity index (χ1) is 5.65. The highest BCUT2D eigenvalue weighted by Gasteiger charge is 2.26. The quantitative estimate of drug-likeness (QED) is 0.583. The molecule has 0 aromatic heterocycles. The molecule has 1 heterocycles. The molecule has 70 valence electrons. The summed E-state index contributed by atoms with van der Waals surface area (Å²) in [7, 11) is 1.96. The summed E-state index contributed by atoms with van der Waals surface area (Å²) >= 11 is 0. The molecule has 1 saturated heterocycles. The summed E-state index contributed by atoms with van der Waals surface area (Å²) < 4.78 is 0. The molecule has 3 N–H and O–H groups in total. The Kier molecular flexibility index (Phi) is 2.92. The molecule has 1 fully saturated rings. The molecule has 2 unspecified atom stereocenters. The van der Waals surface area contributed by atoms with Gasteiger partial charge in [-0.2, -0.15) is 0 Å². The SMILES string of the molecule is CNC1CCN(C(N)=O)CC1C. The Bertz CT molecular complexity index is 172. The maximum absolute atomic E-state index is 10.8. The van der Waals surface area contributed by atoms with E-state index in [1.807, 2.05) is 7.05 Å². The summed E-state index contributed by atoms with van der Waals surface area (Å²) in [4.78, 5) is 12.5. The zero-order chi connectivity index (χ0) is 9.14. The van der Waals surface area contributed by atoms with Crippen LogP contribution >= 0.6 is 0 Å². The molecule has 0 aromatic carbocycles. The molecule has 0 saturated carbocycles. The van der Waals surface area contributed by atoms with E-state index in [0.717, 1.165) is 19.5 Å². The van der Waals surface area contributed by atoms with Crippen LogP contribution in [0.2, 0.25) is 0 Å². The Morgan fingerprint density at radius 1 is 1.67 bits per heavy atom. The third-order valence-corrected chi connectivity index (χ3v) is 2.59. The lowest BCUT2D eigenvalue weighted by molar-refractivity contribution is 0.160.